The topological polar surface area (TPSA) is 67.8 Å². The monoisotopic (exact) mass is 278 g/mol. The van der Waals surface area contributed by atoms with Crippen molar-refractivity contribution in [3.05, 3.63) is 30.1 Å². The fourth-order valence-electron chi connectivity index (χ4n) is 1.87. The molecular formula is C14H15FN2O3. The molecule has 0 spiro atoms. The van der Waals surface area contributed by atoms with Crippen molar-refractivity contribution >= 4 is 17.4 Å². The zero-order valence-electron chi connectivity index (χ0n) is 10.9. The molecule has 0 saturated heterocycles. The number of nitrogens with zero attached hydrogens (tertiary/aromatic N) is 1. The SMILES string of the molecule is O=C1CCCC(=NNC(=O)COc2cccc(F)c2)C1. The van der Waals surface area contributed by atoms with Crippen molar-refractivity contribution in [3.63, 3.8) is 0 Å². The average Bonchev–Trinajstić information content (AvgIpc) is 2.43. The highest BCUT2D eigenvalue weighted by Gasteiger charge is 2.14. The summed E-state index contributed by atoms with van der Waals surface area (Å²) in [6.07, 6.45) is 2.37. The van der Waals surface area contributed by atoms with Gasteiger partial charge in [-0.05, 0) is 25.0 Å². The van der Waals surface area contributed by atoms with Crippen molar-refractivity contribution < 1.29 is 18.7 Å². The lowest BCUT2D eigenvalue weighted by molar-refractivity contribution is -0.123. The molecule has 1 aromatic carbocycles. The van der Waals surface area contributed by atoms with Gasteiger partial charge in [-0.1, -0.05) is 6.07 Å². The van der Waals surface area contributed by atoms with Crippen LogP contribution in [0.15, 0.2) is 29.4 Å². The van der Waals surface area contributed by atoms with Crippen LogP contribution < -0.4 is 10.2 Å². The molecular weight excluding hydrogens is 263 g/mol. The van der Waals surface area contributed by atoms with E-state index in [4.69, 9.17) is 4.74 Å². The lowest BCUT2D eigenvalue weighted by Gasteiger charge is -2.11. The molecule has 1 fully saturated rings. The number of ether oxygens (including phenoxy) is 1. The highest BCUT2D eigenvalue weighted by atomic mass is 19.1. The first-order valence-corrected chi connectivity index (χ1v) is 6.38. The first kappa shape index (κ1) is 14.2. The van der Waals surface area contributed by atoms with Gasteiger partial charge in [0.25, 0.3) is 5.91 Å². The van der Waals surface area contributed by atoms with Crippen LogP contribution in [0.4, 0.5) is 4.39 Å². The fourth-order valence-corrected chi connectivity index (χ4v) is 1.87. The number of Topliss-reactive ketones (excluding diaryl/α,β-unsaturated/α-hetero) is 1. The number of rotatable bonds is 4. The summed E-state index contributed by atoms with van der Waals surface area (Å²) in [5, 5.41) is 3.91. The van der Waals surface area contributed by atoms with Crippen LogP contribution >= 0.6 is 0 Å². The molecule has 20 heavy (non-hydrogen) atoms. The number of carbonyl (C=O) groups excluding carboxylic acids is 2. The number of halogens is 1. The maximum Gasteiger partial charge on any atom is 0.277 e. The molecule has 1 N–H and O–H groups in total. The van der Waals surface area contributed by atoms with Gasteiger partial charge in [0.05, 0.1) is 0 Å². The van der Waals surface area contributed by atoms with E-state index in [-0.39, 0.29) is 18.1 Å². The molecule has 0 unspecified atom stereocenters. The van der Waals surface area contributed by atoms with Gasteiger partial charge in [0, 0.05) is 24.6 Å². The van der Waals surface area contributed by atoms with Crippen LogP contribution in [0.5, 0.6) is 5.75 Å². The van der Waals surface area contributed by atoms with E-state index in [0.29, 0.717) is 18.6 Å². The van der Waals surface area contributed by atoms with Crippen molar-refractivity contribution in [1.29, 1.82) is 0 Å². The maximum absolute atomic E-state index is 12.9. The van der Waals surface area contributed by atoms with Crippen molar-refractivity contribution in [1.82, 2.24) is 5.43 Å². The molecule has 0 radical (unpaired) electrons. The molecule has 0 bridgehead atoms. The minimum Gasteiger partial charge on any atom is -0.484 e. The third kappa shape index (κ3) is 4.46. The summed E-state index contributed by atoms with van der Waals surface area (Å²) in [6.45, 7) is -0.256. The molecule has 0 aliphatic heterocycles. The van der Waals surface area contributed by atoms with Gasteiger partial charge in [0.1, 0.15) is 17.3 Å². The van der Waals surface area contributed by atoms with E-state index in [9.17, 15) is 14.0 Å². The number of hydrogen-bond acceptors (Lipinski definition) is 4. The number of carbonyl (C=O) groups is 2. The number of nitrogens with one attached hydrogen (secondary N) is 1. The van der Waals surface area contributed by atoms with E-state index in [1.165, 1.54) is 18.2 Å². The van der Waals surface area contributed by atoms with Crippen LogP contribution in [0, 0.1) is 5.82 Å². The van der Waals surface area contributed by atoms with Gasteiger partial charge >= 0.3 is 0 Å². The Bertz CT molecular complexity index is 543. The van der Waals surface area contributed by atoms with E-state index >= 15 is 0 Å². The Morgan fingerprint density at radius 2 is 2.25 bits per heavy atom. The molecule has 6 heteroatoms. The summed E-state index contributed by atoms with van der Waals surface area (Å²) in [5.74, 6) is -0.454. The molecule has 1 aromatic rings. The summed E-state index contributed by atoms with van der Waals surface area (Å²) in [6, 6.07) is 5.54. The summed E-state index contributed by atoms with van der Waals surface area (Å²) in [4.78, 5) is 22.7. The van der Waals surface area contributed by atoms with Gasteiger partial charge in [0.15, 0.2) is 6.61 Å². The minimum atomic E-state index is -0.445. The second-order valence-corrected chi connectivity index (χ2v) is 4.53. The van der Waals surface area contributed by atoms with Gasteiger partial charge in [-0.25, -0.2) is 9.82 Å². The highest BCUT2D eigenvalue weighted by Crippen LogP contribution is 2.12. The minimum absolute atomic E-state index is 0.139. The number of hydrazone groups is 1. The third-order valence-corrected chi connectivity index (χ3v) is 2.83. The van der Waals surface area contributed by atoms with Crippen molar-refractivity contribution in [2.75, 3.05) is 6.61 Å². The van der Waals surface area contributed by atoms with Crippen LogP contribution in [-0.2, 0) is 9.59 Å². The standard InChI is InChI=1S/C14H15FN2O3/c15-10-3-1-6-13(7-10)20-9-14(19)17-16-11-4-2-5-12(18)8-11/h1,3,6-7H,2,4-5,8-9H2,(H,17,19). The van der Waals surface area contributed by atoms with Gasteiger partial charge in [-0.3, -0.25) is 9.59 Å². The molecule has 0 atom stereocenters. The molecule has 2 rings (SSSR count). The largest absolute Gasteiger partial charge is 0.484 e. The molecule has 1 aliphatic carbocycles. The Morgan fingerprint density at radius 3 is 3.00 bits per heavy atom. The average molecular weight is 278 g/mol. The smallest absolute Gasteiger partial charge is 0.277 e. The number of hydrogen-bond donors (Lipinski definition) is 1. The fraction of sp³-hybridized carbons (Fsp3) is 0.357. The van der Waals surface area contributed by atoms with Crippen molar-refractivity contribution in [2.45, 2.75) is 25.7 Å². The van der Waals surface area contributed by atoms with Crippen LogP contribution in [0.25, 0.3) is 0 Å². The summed E-state index contributed by atoms with van der Waals surface area (Å²) in [5.41, 5.74) is 3.02. The Kier molecular flexibility index (Phi) is 4.81. The number of ketones is 1. The summed E-state index contributed by atoms with van der Waals surface area (Å²) in [7, 11) is 0. The van der Waals surface area contributed by atoms with Crippen LogP contribution in [0.2, 0.25) is 0 Å². The van der Waals surface area contributed by atoms with Gasteiger partial charge in [-0.2, -0.15) is 5.10 Å². The molecule has 1 saturated carbocycles. The second kappa shape index (κ2) is 6.79. The van der Waals surface area contributed by atoms with Crippen LogP contribution in [0.3, 0.4) is 0 Å². The zero-order valence-corrected chi connectivity index (χ0v) is 10.9. The molecule has 106 valence electrons. The predicted molar refractivity (Wildman–Crippen MR) is 70.9 cm³/mol. The van der Waals surface area contributed by atoms with Crippen LogP contribution in [-0.4, -0.2) is 24.0 Å². The van der Waals surface area contributed by atoms with E-state index in [2.05, 4.69) is 10.5 Å². The van der Waals surface area contributed by atoms with Crippen molar-refractivity contribution in [3.8, 4) is 5.75 Å². The van der Waals surface area contributed by atoms with Gasteiger partial charge in [-0.15, -0.1) is 0 Å². The van der Waals surface area contributed by atoms with E-state index in [0.717, 1.165) is 12.8 Å². The number of amides is 1. The lowest BCUT2D eigenvalue weighted by Crippen LogP contribution is -2.27. The number of benzene rings is 1. The molecule has 0 heterocycles. The Morgan fingerprint density at radius 1 is 1.40 bits per heavy atom. The zero-order chi connectivity index (χ0) is 14.4. The molecule has 1 amide bonds. The Balaban J connectivity index is 1.78. The van der Waals surface area contributed by atoms with Gasteiger partial charge < -0.3 is 4.74 Å². The first-order valence-electron chi connectivity index (χ1n) is 6.38. The molecule has 1 aliphatic rings. The van der Waals surface area contributed by atoms with Gasteiger partial charge in [0.2, 0.25) is 0 Å². The van der Waals surface area contributed by atoms with Crippen LogP contribution in [0.1, 0.15) is 25.7 Å². The maximum atomic E-state index is 12.9. The molecule has 0 aromatic heterocycles. The van der Waals surface area contributed by atoms with E-state index in [1.807, 2.05) is 0 Å². The predicted octanol–water partition coefficient (Wildman–Crippen LogP) is 1.82. The first-order chi connectivity index (χ1) is 9.63. The highest BCUT2D eigenvalue weighted by molar-refractivity contribution is 6.04. The van der Waals surface area contributed by atoms with Crippen molar-refractivity contribution in [2.24, 2.45) is 5.10 Å². The van der Waals surface area contributed by atoms with E-state index < -0.39 is 11.7 Å². The third-order valence-electron chi connectivity index (χ3n) is 2.83. The normalized spacial score (nSPS) is 17.1. The quantitative estimate of drug-likeness (QED) is 0.854. The summed E-state index contributed by atoms with van der Waals surface area (Å²) < 4.78 is 18.0. The second-order valence-electron chi connectivity index (χ2n) is 4.53. The van der Waals surface area contributed by atoms with E-state index in [1.54, 1.807) is 6.07 Å². The molecule has 5 nitrogen and oxygen atoms in total. The Hall–Kier alpha value is -2.24. The summed E-state index contributed by atoms with van der Waals surface area (Å²) >= 11 is 0. The Labute approximate surface area is 115 Å². The lowest BCUT2D eigenvalue weighted by atomic mass is 9.97.